The van der Waals surface area contributed by atoms with Gasteiger partial charge in [-0.15, -0.1) is 0 Å². The van der Waals surface area contributed by atoms with Crippen LogP contribution in [0.4, 0.5) is 14.4 Å². The van der Waals surface area contributed by atoms with E-state index in [1.807, 2.05) is 6.92 Å². The molecule has 0 bridgehead atoms. The van der Waals surface area contributed by atoms with E-state index in [9.17, 15) is 24.3 Å². The summed E-state index contributed by atoms with van der Waals surface area (Å²) in [7, 11) is 0. The average Bonchev–Trinajstić information content (AvgIpc) is 2.75. The summed E-state index contributed by atoms with van der Waals surface area (Å²) in [6.07, 6.45) is -2.29. The van der Waals surface area contributed by atoms with Crippen LogP contribution in [0.2, 0.25) is 0 Å². The Bertz CT molecular complexity index is 871. The zero-order valence-corrected chi connectivity index (χ0v) is 20.6. The maximum Gasteiger partial charge on any atom is 0.513 e. The predicted molar refractivity (Wildman–Crippen MR) is 121 cm³/mol. The number of nitrogens with one attached hydrogen (secondary N) is 1. The van der Waals surface area contributed by atoms with Crippen LogP contribution in [0.15, 0.2) is 18.2 Å². The lowest BCUT2D eigenvalue weighted by atomic mass is 10.0. The topological polar surface area (TPSA) is 156 Å². The zero-order chi connectivity index (χ0) is 26.4. The molecule has 0 aliphatic carbocycles. The molecule has 1 atom stereocenters. The Balaban J connectivity index is 3.32. The largest absolute Gasteiger partial charge is 0.513 e. The smallest absolute Gasteiger partial charge is 0.477 e. The number of carbonyl (C=O) groups excluding carboxylic acids is 3. The van der Waals surface area contributed by atoms with Gasteiger partial charge in [0.25, 0.3) is 5.72 Å². The van der Waals surface area contributed by atoms with E-state index >= 15 is 0 Å². The summed E-state index contributed by atoms with van der Waals surface area (Å²) in [5.41, 5.74) is -1.94. The summed E-state index contributed by atoms with van der Waals surface area (Å²) in [5, 5.41) is 12.7. The van der Waals surface area contributed by atoms with Crippen LogP contribution in [0, 0.1) is 0 Å². The minimum atomic E-state index is -2.21. The van der Waals surface area contributed by atoms with Crippen LogP contribution >= 0.6 is 0 Å². The standard InChI is InChI=1S/C23H33NO11/c1-6-9-12-32-22(29)35-23(19(25)26,24-15(4)5)14-16-10-11-17(33-20(27)30-7-2)18(13-16)34-21(28)31-8-3/h10-11,13,15,24H,6-9,12,14H2,1-5H3,(H,25,26)/t23-/m0/s1. The number of benzene rings is 1. The van der Waals surface area contributed by atoms with E-state index in [0.717, 1.165) is 6.42 Å². The van der Waals surface area contributed by atoms with E-state index in [1.165, 1.54) is 18.2 Å². The van der Waals surface area contributed by atoms with Crippen LogP contribution in [-0.2, 0) is 30.2 Å². The molecule has 0 saturated heterocycles. The fraction of sp³-hybridized carbons (Fsp3) is 0.565. The second kappa shape index (κ2) is 14.7. The van der Waals surface area contributed by atoms with Crippen molar-refractivity contribution in [2.45, 2.75) is 65.6 Å². The van der Waals surface area contributed by atoms with Crippen molar-refractivity contribution in [2.75, 3.05) is 19.8 Å². The highest BCUT2D eigenvalue weighted by atomic mass is 16.8. The normalized spacial score (nSPS) is 12.3. The molecule has 0 aliphatic rings. The van der Waals surface area contributed by atoms with E-state index in [4.69, 9.17) is 28.4 Å². The number of hydrogen-bond donors (Lipinski definition) is 2. The van der Waals surface area contributed by atoms with Gasteiger partial charge in [-0.25, -0.2) is 19.2 Å². The molecule has 0 saturated carbocycles. The number of hydrogen-bond acceptors (Lipinski definition) is 11. The molecule has 0 aliphatic heterocycles. The lowest BCUT2D eigenvalue weighted by molar-refractivity contribution is -0.166. The predicted octanol–water partition coefficient (Wildman–Crippen LogP) is 4.03. The number of ether oxygens (including phenoxy) is 6. The van der Waals surface area contributed by atoms with Crippen molar-refractivity contribution in [3.05, 3.63) is 23.8 Å². The molecule has 0 spiro atoms. The maximum atomic E-state index is 12.3. The second-order valence-electron chi connectivity index (χ2n) is 7.51. The van der Waals surface area contributed by atoms with Crippen LogP contribution in [0.3, 0.4) is 0 Å². The maximum absolute atomic E-state index is 12.3. The Morgan fingerprint density at radius 1 is 0.914 bits per heavy atom. The highest BCUT2D eigenvalue weighted by molar-refractivity contribution is 5.80. The number of carbonyl (C=O) groups is 4. The molecular weight excluding hydrogens is 466 g/mol. The Labute approximate surface area is 203 Å². The van der Waals surface area contributed by atoms with Crippen LogP contribution in [0.1, 0.15) is 53.0 Å². The molecule has 1 aromatic rings. The van der Waals surface area contributed by atoms with Gasteiger partial charge in [0, 0.05) is 12.5 Å². The third-order valence-electron chi connectivity index (χ3n) is 4.21. The fourth-order valence-corrected chi connectivity index (χ4v) is 2.82. The van der Waals surface area contributed by atoms with E-state index in [0.29, 0.717) is 6.42 Å². The molecule has 0 aromatic heterocycles. The Morgan fingerprint density at radius 2 is 1.51 bits per heavy atom. The summed E-state index contributed by atoms with van der Waals surface area (Å²) in [6, 6.07) is 3.55. The first kappa shape index (κ1) is 29.5. The van der Waals surface area contributed by atoms with Crippen molar-refractivity contribution in [2.24, 2.45) is 0 Å². The molecule has 2 N–H and O–H groups in total. The Kier molecular flexibility index (Phi) is 12.4. The van der Waals surface area contributed by atoms with E-state index < -0.39 is 36.2 Å². The van der Waals surface area contributed by atoms with Crippen LogP contribution in [0.25, 0.3) is 0 Å². The first-order valence-corrected chi connectivity index (χ1v) is 11.3. The first-order chi connectivity index (χ1) is 16.6. The third kappa shape index (κ3) is 10.1. The Hall–Kier alpha value is -3.54. The number of carboxylic acids is 1. The van der Waals surface area contributed by atoms with Gasteiger partial charge in [-0.2, -0.15) is 0 Å². The van der Waals surface area contributed by atoms with Crippen molar-refractivity contribution in [1.82, 2.24) is 5.32 Å². The van der Waals surface area contributed by atoms with Crippen molar-refractivity contribution < 1.29 is 52.7 Å². The number of aliphatic carboxylic acids is 1. The SMILES string of the molecule is CCCCOC(=O)O[C@](Cc1ccc(OC(=O)OCC)c(OC(=O)OCC)c1)(NC(C)C)C(=O)O. The van der Waals surface area contributed by atoms with Gasteiger partial charge in [0.05, 0.1) is 19.8 Å². The van der Waals surface area contributed by atoms with Crippen LogP contribution < -0.4 is 14.8 Å². The minimum absolute atomic E-state index is 0.0288. The molecule has 0 fully saturated rings. The summed E-state index contributed by atoms with van der Waals surface area (Å²) >= 11 is 0. The highest BCUT2D eigenvalue weighted by Crippen LogP contribution is 2.31. The molecule has 0 radical (unpaired) electrons. The molecule has 0 heterocycles. The van der Waals surface area contributed by atoms with Crippen molar-refractivity contribution >= 4 is 24.4 Å². The zero-order valence-electron chi connectivity index (χ0n) is 20.6. The summed E-state index contributed by atoms with van der Waals surface area (Å²) in [6.45, 7) is 8.57. The first-order valence-electron chi connectivity index (χ1n) is 11.3. The van der Waals surface area contributed by atoms with E-state index in [1.54, 1.807) is 27.7 Å². The van der Waals surface area contributed by atoms with Gasteiger partial charge in [-0.05, 0) is 51.8 Å². The molecule has 35 heavy (non-hydrogen) atoms. The van der Waals surface area contributed by atoms with Gasteiger partial charge in [0.2, 0.25) is 0 Å². The number of rotatable bonds is 13. The van der Waals surface area contributed by atoms with Gasteiger partial charge in [0.15, 0.2) is 11.5 Å². The minimum Gasteiger partial charge on any atom is -0.477 e. The molecule has 0 amide bonds. The monoisotopic (exact) mass is 499 g/mol. The third-order valence-corrected chi connectivity index (χ3v) is 4.21. The molecule has 1 rings (SSSR count). The van der Waals surface area contributed by atoms with Crippen molar-refractivity contribution in [3.63, 3.8) is 0 Å². The summed E-state index contributed by atoms with van der Waals surface area (Å²) < 4.78 is 29.9. The molecular formula is C23H33NO11. The van der Waals surface area contributed by atoms with Gasteiger partial charge < -0.3 is 33.5 Å². The lowest BCUT2D eigenvalue weighted by Crippen LogP contribution is -2.59. The van der Waals surface area contributed by atoms with Crippen LogP contribution in [0.5, 0.6) is 11.5 Å². The molecule has 196 valence electrons. The molecule has 12 nitrogen and oxygen atoms in total. The van der Waals surface area contributed by atoms with Crippen molar-refractivity contribution in [1.29, 1.82) is 0 Å². The average molecular weight is 500 g/mol. The van der Waals surface area contributed by atoms with Gasteiger partial charge >= 0.3 is 24.4 Å². The lowest BCUT2D eigenvalue weighted by Gasteiger charge is -2.31. The number of unbranched alkanes of at least 4 members (excludes halogenated alkanes) is 1. The quantitative estimate of drug-likeness (QED) is 0.132. The second-order valence-corrected chi connectivity index (χ2v) is 7.51. The summed E-state index contributed by atoms with van der Waals surface area (Å²) in [4.78, 5) is 48.1. The van der Waals surface area contributed by atoms with E-state index in [2.05, 4.69) is 5.32 Å². The van der Waals surface area contributed by atoms with Crippen LogP contribution in [-0.4, -0.2) is 61.1 Å². The van der Waals surface area contributed by atoms with Gasteiger partial charge in [-0.3, -0.25) is 5.32 Å². The van der Waals surface area contributed by atoms with Gasteiger partial charge in [0.1, 0.15) is 0 Å². The van der Waals surface area contributed by atoms with Gasteiger partial charge in [-0.1, -0.05) is 19.4 Å². The van der Waals surface area contributed by atoms with Crippen molar-refractivity contribution in [3.8, 4) is 11.5 Å². The Morgan fingerprint density at radius 3 is 2.03 bits per heavy atom. The molecule has 12 heteroatoms. The highest BCUT2D eigenvalue weighted by Gasteiger charge is 2.44. The fourth-order valence-electron chi connectivity index (χ4n) is 2.82. The van der Waals surface area contributed by atoms with E-state index in [-0.39, 0.29) is 43.3 Å². The molecule has 1 aromatic carbocycles. The summed E-state index contributed by atoms with van der Waals surface area (Å²) in [5.74, 6) is -1.88. The molecule has 0 unspecified atom stereocenters. The number of carboxylic acid groups (broad SMARTS) is 1.